The van der Waals surface area contributed by atoms with Gasteiger partial charge < -0.3 is 10.2 Å². The first-order valence-corrected chi connectivity index (χ1v) is 8.15. The molecule has 0 amide bonds. The minimum Gasteiger partial charge on any atom is -0.507 e. The molecule has 1 aliphatic carbocycles. The van der Waals surface area contributed by atoms with Gasteiger partial charge in [0, 0.05) is 13.1 Å². The number of aromatic hydroxyl groups is 1. The van der Waals surface area contributed by atoms with Crippen molar-refractivity contribution in [3.63, 3.8) is 0 Å². The molecule has 0 bridgehead atoms. The predicted molar refractivity (Wildman–Crippen MR) is 76.9 cm³/mol. The number of aromatic carboxylic acids is 1. The standard InChI is InChI=1S/C14H19NO5S/c1-8-6-12(16)11(14(17)18)7-13(8)21(19,20)15(3)9(2)10-4-5-10/h6-7,9-10,16H,4-5H2,1-3H3,(H,17,18). The number of hydrogen-bond donors (Lipinski definition) is 2. The van der Waals surface area contributed by atoms with Gasteiger partial charge in [-0.2, -0.15) is 4.31 Å². The molecule has 2 rings (SSSR count). The van der Waals surface area contributed by atoms with E-state index in [9.17, 15) is 18.3 Å². The van der Waals surface area contributed by atoms with Crippen LogP contribution in [0.15, 0.2) is 17.0 Å². The van der Waals surface area contributed by atoms with Gasteiger partial charge in [0.25, 0.3) is 0 Å². The molecule has 0 saturated heterocycles. The zero-order valence-electron chi connectivity index (χ0n) is 12.2. The molecule has 116 valence electrons. The van der Waals surface area contributed by atoms with Crippen molar-refractivity contribution in [1.82, 2.24) is 4.31 Å². The molecule has 1 aromatic rings. The summed E-state index contributed by atoms with van der Waals surface area (Å²) in [6.07, 6.45) is 2.02. The molecule has 6 nitrogen and oxygen atoms in total. The number of carbonyl (C=O) groups is 1. The summed E-state index contributed by atoms with van der Waals surface area (Å²) in [4.78, 5) is 11.0. The molecule has 7 heteroatoms. The van der Waals surface area contributed by atoms with Crippen LogP contribution in [-0.2, 0) is 10.0 Å². The summed E-state index contributed by atoms with van der Waals surface area (Å²) in [6.45, 7) is 3.39. The van der Waals surface area contributed by atoms with Crippen LogP contribution in [0.5, 0.6) is 5.75 Å². The molecule has 1 unspecified atom stereocenters. The molecule has 0 spiro atoms. The monoisotopic (exact) mass is 313 g/mol. The highest BCUT2D eigenvalue weighted by atomic mass is 32.2. The topological polar surface area (TPSA) is 94.9 Å². The number of aryl methyl sites for hydroxylation is 1. The fourth-order valence-electron chi connectivity index (χ4n) is 2.37. The van der Waals surface area contributed by atoms with E-state index >= 15 is 0 Å². The van der Waals surface area contributed by atoms with Crippen LogP contribution in [0.3, 0.4) is 0 Å². The van der Waals surface area contributed by atoms with Crippen LogP contribution in [0.25, 0.3) is 0 Å². The van der Waals surface area contributed by atoms with E-state index in [1.165, 1.54) is 24.3 Å². The van der Waals surface area contributed by atoms with Crippen molar-refractivity contribution in [2.24, 2.45) is 5.92 Å². The molecule has 1 fully saturated rings. The number of rotatable bonds is 5. The number of carboxylic acid groups (broad SMARTS) is 1. The second-order valence-electron chi connectivity index (χ2n) is 5.54. The summed E-state index contributed by atoms with van der Waals surface area (Å²) in [5.41, 5.74) is -0.0843. The lowest BCUT2D eigenvalue weighted by Gasteiger charge is -2.25. The maximum absolute atomic E-state index is 12.7. The van der Waals surface area contributed by atoms with E-state index < -0.39 is 27.3 Å². The third-order valence-corrected chi connectivity index (χ3v) is 6.14. The lowest BCUT2D eigenvalue weighted by molar-refractivity contribution is 0.0693. The molecule has 1 aromatic carbocycles. The summed E-state index contributed by atoms with van der Waals surface area (Å²) in [6, 6.07) is 2.07. The van der Waals surface area contributed by atoms with E-state index in [0.717, 1.165) is 18.9 Å². The van der Waals surface area contributed by atoms with E-state index in [1.807, 2.05) is 6.92 Å². The van der Waals surface area contributed by atoms with Gasteiger partial charge in [-0.1, -0.05) is 0 Å². The van der Waals surface area contributed by atoms with Crippen molar-refractivity contribution in [2.75, 3.05) is 7.05 Å². The Balaban J connectivity index is 2.48. The Morgan fingerprint density at radius 3 is 2.43 bits per heavy atom. The van der Waals surface area contributed by atoms with Gasteiger partial charge in [-0.05, 0) is 50.3 Å². The molecule has 1 saturated carbocycles. The number of sulfonamides is 1. The Hall–Kier alpha value is -1.60. The van der Waals surface area contributed by atoms with Crippen molar-refractivity contribution in [3.05, 3.63) is 23.3 Å². The highest BCUT2D eigenvalue weighted by Crippen LogP contribution is 2.37. The quantitative estimate of drug-likeness (QED) is 0.864. The molecular formula is C14H19NO5S. The number of hydrogen-bond acceptors (Lipinski definition) is 4. The Kier molecular flexibility index (Phi) is 3.99. The molecule has 2 N–H and O–H groups in total. The van der Waals surface area contributed by atoms with Crippen molar-refractivity contribution in [3.8, 4) is 5.75 Å². The SMILES string of the molecule is Cc1cc(O)c(C(=O)O)cc1S(=O)(=O)N(C)C(C)C1CC1. The van der Waals surface area contributed by atoms with Crippen molar-refractivity contribution >= 4 is 16.0 Å². The van der Waals surface area contributed by atoms with E-state index in [1.54, 1.807) is 0 Å². The van der Waals surface area contributed by atoms with Crippen LogP contribution in [-0.4, -0.2) is 42.0 Å². The maximum atomic E-state index is 12.7. The van der Waals surface area contributed by atoms with Gasteiger partial charge in [0.05, 0.1) is 4.90 Å². The summed E-state index contributed by atoms with van der Waals surface area (Å²) in [5.74, 6) is -1.43. The fourth-order valence-corrected chi connectivity index (χ4v) is 4.02. The minimum atomic E-state index is -3.79. The second-order valence-corrected chi connectivity index (χ2v) is 7.51. The molecule has 0 aliphatic heterocycles. The van der Waals surface area contributed by atoms with Gasteiger partial charge in [-0.15, -0.1) is 0 Å². The van der Waals surface area contributed by atoms with Gasteiger partial charge >= 0.3 is 5.97 Å². The zero-order valence-corrected chi connectivity index (χ0v) is 13.0. The Bertz CT molecular complexity index is 679. The average molecular weight is 313 g/mol. The van der Waals surface area contributed by atoms with Crippen LogP contribution < -0.4 is 0 Å². The van der Waals surface area contributed by atoms with Gasteiger partial charge in [-0.25, -0.2) is 13.2 Å². The molecule has 1 atom stereocenters. The Labute approximate surface area is 124 Å². The number of nitrogens with zero attached hydrogens (tertiary/aromatic N) is 1. The number of benzene rings is 1. The van der Waals surface area contributed by atoms with E-state index in [0.29, 0.717) is 11.5 Å². The van der Waals surface area contributed by atoms with Gasteiger partial charge in [0.1, 0.15) is 11.3 Å². The van der Waals surface area contributed by atoms with Crippen molar-refractivity contribution in [2.45, 2.75) is 37.6 Å². The first kappa shape index (κ1) is 15.8. The highest BCUT2D eigenvalue weighted by Gasteiger charge is 2.37. The molecule has 1 aliphatic rings. The van der Waals surface area contributed by atoms with Gasteiger partial charge in [-0.3, -0.25) is 0 Å². The number of carboxylic acids is 1. The Morgan fingerprint density at radius 1 is 1.38 bits per heavy atom. The van der Waals surface area contributed by atoms with Crippen LogP contribution in [0.2, 0.25) is 0 Å². The van der Waals surface area contributed by atoms with Crippen LogP contribution in [0, 0.1) is 12.8 Å². The fraction of sp³-hybridized carbons (Fsp3) is 0.500. The van der Waals surface area contributed by atoms with Crippen LogP contribution in [0.4, 0.5) is 0 Å². The summed E-state index contributed by atoms with van der Waals surface area (Å²) in [7, 11) is -2.28. The average Bonchev–Trinajstić information content (AvgIpc) is 3.20. The van der Waals surface area contributed by atoms with E-state index in [-0.39, 0.29) is 10.9 Å². The first-order chi connectivity index (χ1) is 9.66. The third-order valence-electron chi connectivity index (χ3n) is 4.06. The second kappa shape index (κ2) is 5.31. The smallest absolute Gasteiger partial charge is 0.339 e. The Morgan fingerprint density at radius 2 is 1.95 bits per heavy atom. The predicted octanol–water partition coefficient (Wildman–Crippen LogP) is 1.82. The lowest BCUT2D eigenvalue weighted by atomic mass is 10.1. The summed E-state index contributed by atoms with van der Waals surface area (Å²) in [5, 5.41) is 18.6. The summed E-state index contributed by atoms with van der Waals surface area (Å²) >= 11 is 0. The summed E-state index contributed by atoms with van der Waals surface area (Å²) < 4.78 is 26.6. The largest absolute Gasteiger partial charge is 0.507 e. The molecule has 0 aromatic heterocycles. The normalized spacial score (nSPS) is 17.0. The molecule has 0 radical (unpaired) electrons. The third kappa shape index (κ3) is 2.89. The molecule has 21 heavy (non-hydrogen) atoms. The first-order valence-electron chi connectivity index (χ1n) is 6.71. The van der Waals surface area contributed by atoms with E-state index in [2.05, 4.69) is 0 Å². The maximum Gasteiger partial charge on any atom is 0.339 e. The molecular weight excluding hydrogens is 294 g/mol. The van der Waals surface area contributed by atoms with Crippen LogP contribution in [0.1, 0.15) is 35.7 Å². The zero-order chi connectivity index (χ0) is 15.9. The van der Waals surface area contributed by atoms with E-state index in [4.69, 9.17) is 5.11 Å². The lowest BCUT2D eigenvalue weighted by Crippen LogP contribution is -2.36. The number of phenols is 1. The highest BCUT2D eigenvalue weighted by molar-refractivity contribution is 7.89. The van der Waals surface area contributed by atoms with Crippen molar-refractivity contribution < 1.29 is 23.4 Å². The molecule has 0 heterocycles. The van der Waals surface area contributed by atoms with Gasteiger partial charge in [0.2, 0.25) is 10.0 Å². The van der Waals surface area contributed by atoms with Gasteiger partial charge in [0.15, 0.2) is 0 Å². The minimum absolute atomic E-state index is 0.0762. The van der Waals surface area contributed by atoms with Crippen molar-refractivity contribution in [1.29, 1.82) is 0 Å². The van der Waals surface area contributed by atoms with Crippen LogP contribution >= 0.6 is 0 Å².